The van der Waals surface area contributed by atoms with E-state index in [1.54, 1.807) is 0 Å². The van der Waals surface area contributed by atoms with Crippen LogP contribution in [0.25, 0.3) is 0 Å². The van der Waals surface area contributed by atoms with E-state index in [0.29, 0.717) is 29.2 Å². The monoisotopic (exact) mass is 462 g/mol. The van der Waals surface area contributed by atoms with Crippen molar-refractivity contribution in [1.29, 1.82) is 0 Å². The number of hydrogen-bond acceptors (Lipinski definition) is 5. The summed E-state index contributed by atoms with van der Waals surface area (Å²) in [6.07, 6.45) is 4.59. The summed E-state index contributed by atoms with van der Waals surface area (Å²) >= 11 is 1.44. The third-order valence-corrected chi connectivity index (χ3v) is 8.00. The number of amides is 1. The van der Waals surface area contributed by atoms with Crippen molar-refractivity contribution >= 4 is 17.7 Å². The minimum Gasteiger partial charge on any atom is -0.470 e. The first-order valence-electron chi connectivity index (χ1n) is 11.7. The van der Waals surface area contributed by atoms with Gasteiger partial charge >= 0.3 is 0 Å². The molecule has 0 radical (unpaired) electrons. The molecule has 0 spiro atoms. The number of hydrogen-bond donors (Lipinski definition) is 1. The number of aromatic nitrogens is 1. The fourth-order valence-corrected chi connectivity index (χ4v) is 6.55. The predicted molar refractivity (Wildman–Crippen MR) is 128 cm³/mol. The van der Waals surface area contributed by atoms with Gasteiger partial charge in [-0.05, 0) is 73.2 Å². The molecule has 3 aromatic rings. The lowest BCUT2D eigenvalue weighted by molar-refractivity contribution is 0.0861. The van der Waals surface area contributed by atoms with E-state index in [2.05, 4.69) is 24.3 Å². The first kappa shape index (κ1) is 22.1. The summed E-state index contributed by atoms with van der Waals surface area (Å²) in [5, 5.41) is 7.42. The number of nitrogens with one attached hydrogen (secondary N) is 1. The van der Waals surface area contributed by atoms with Crippen LogP contribution in [0.1, 0.15) is 55.6 Å². The SMILES string of the molecule is CC1CC2CC(C)(NC(=O)c3onc(OCc4ccccc4)c3Sc3ccccc3)CC2C1. The molecule has 1 N–H and O–H groups in total. The molecule has 2 fully saturated rings. The standard InChI is InChI=1S/C27H30N2O3S/c1-18-13-20-15-27(2,16-21(20)14-18)28-25(30)23-24(33-22-11-7-4-8-12-22)26(29-32-23)31-17-19-9-5-3-6-10-19/h3-12,18,20-21H,13-17H2,1-2H3,(H,28,30). The lowest BCUT2D eigenvalue weighted by atomic mass is 9.93. The molecule has 172 valence electrons. The second kappa shape index (κ2) is 9.26. The van der Waals surface area contributed by atoms with Crippen molar-refractivity contribution < 1.29 is 14.1 Å². The maximum Gasteiger partial charge on any atom is 0.291 e. The normalized spacial score (nSPS) is 26.2. The van der Waals surface area contributed by atoms with E-state index in [1.165, 1.54) is 24.6 Å². The Morgan fingerprint density at radius 1 is 1.09 bits per heavy atom. The van der Waals surface area contributed by atoms with E-state index in [0.717, 1.165) is 29.2 Å². The Morgan fingerprint density at radius 3 is 2.39 bits per heavy atom. The van der Waals surface area contributed by atoms with Crippen LogP contribution in [-0.2, 0) is 6.61 Å². The molecule has 2 aromatic carbocycles. The number of ether oxygens (including phenoxy) is 1. The Kier molecular flexibility index (Phi) is 6.19. The fourth-order valence-electron chi connectivity index (χ4n) is 5.61. The maximum atomic E-state index is 13.4. The van der Waals surface area contributed by atoms with Gasteiger partial charge in [0.05, 0.1) is 0 Å². The molecule has 0 bridgehead atoms. The average Bonchev–Trinajstić information content (AvgIpc) is 3.44. The van der Waals surface area contributed by atoms with Crippen LogP contribution in [-0.4, -0.2) is 16.6 Å². The van der Waals surface area contributed by atoms with Gasteiger partial charge in [0.25, 0.3) is 11.8 Å². The zero-order chi connectivity index (χ0) is 22.8. The molecule has 1 amide bonds. The second-order valence-corrected chi connectivity index (χ2v) is 10.9. The number of carbonyl (C=O) groups excluding carboxylic acids is 1. The highest BCUT2D eigenvalue weighted by molar-refractivity contribution is 7.99. The third-order valence-electron chi connectivity index (χ3n) is 6.93. The van der Waals surface area contributed by atoms with Crippen molar-refractivity contribution in [3.05, 3.63) is 72.0 Å². The summed E-state index contributed by atoms with van der Waals surface area (Å²) in [6.45, 7) is 4.87. The summed E-state index contributed by atoms with van der Waals surface area (Å²) in [7, 11) is 0. The van der Waals surface area contributed by atoms with Crippen molar-refractivity contribution in [1.82, 2.24) is 10.5 Å². The largest absolute Gasteiger partial charge is 0.470 e. The number of fused-ring (bicyclic) bond motifs is 1. The minimum absolute atomic E-state index is 0.209. The average molecular weight is 463 g/mol. The van der Waals surface area contributed by atoms with Crippen molar-refractivity contribution in [2.45, 2.75) is 61.5 Å². The number of nitrogens with zero attached hydrogens (tertiary/aromatic N) is 1. The Labute approximate surface area is 199 Å². The van der Waals surface area contributed by atoms with Crippen LogP contribution in [0, 0.1) is 17.8 Å². The number of benzene rings is 2. The van der Waals surface area contributed by atoms with Gasteiger partial charge in [0.2, 0.25) is 5.76 Å². The molecule has 2 aliphatic carbocycles. The van der Waals surface area contributed by atoms with Crippen LogP contribution in [0.2, 0.25) is 0 Å². The lowest BCUT2D eigenvalue weighted by Gasteiger charge is -2.26. The van der Waals surface area contributed by atoms with Crippen LogP contribution >= 0.6 is 11.8 Å². The van der Waals surface area contributed by atoms with Crippen LogP contribution < -0.4 is 10.1 Å². The van der Waals surface area contributed by atoms with Crippen LogP contribution in [0.4, 0.5) is 0 Å². The van der Waals surface area contributed by atoms with Gasteiger partial charge < -0.3 is 14.6 Å². The van der Waals surface area contributed by atoms with Crippen LogP contribution in [0.5, 0.6) is 5.88 Å². The molecule has 2 unspecified atom stereocenters. The van der Waals surface area contributed by atoms with Gasteiger partial charge in [0.1, 0.15) is 11.5 Å². The summed E-state index contributed by atoms with van der Waals surface area (Å²) in [6, 6.07) is 19.8. The van der Waals surface area contributed by atoms with Gasteiger partial charge in [0.15, 0.2) is 0 Å². The lowest BCUT2D eigenvalue weighted by Crippen LogP contribution is -2.44. The van der Waals surface area contributed by atoms with E-state index >= 15 is 0 Å². The predicted octanol–water partition coefficient (Wildman–Crippen LogP) is 6.35. The van der Waals surface area contributed by atoms with Crippen LogP contribution in [0.15, 0.2) is 75.0 Å². The number of carbonyl (C=O) groups is 1. The Bertz CT molecular complexity index is 1090. The first-order valence-corrected chi connectivity index (χ1v) is 12.5. The zero-order valence-corrected chi connectivity index (χ0v) is 19.9. The summed E-state index contributed by atoms with van der Waals surface area (Å²) in [5.74, 6) is 2.57. The summed E-state index contributed by atoms with van der Waals surface area (Å²) in [4.78, 5) is 15.0. The zero-order valence-electron chi connectivity index (χ0n) is 19.1. The molecular weight excluding hydrogens is 432 g/mol. The minimum atomic E-state index is -0.217. The highest BCUT2D eigenvalue weighted by atomic mass is 32.2. The first-order chi connectivity index (χ1) is 16.0. The Morgan fingerprint density at radius 2 is 1.73 bits per heavy atom. The molecule has 33 heavy (non-hydrogen) atoms. The smallest absolute Gasteiger partial charge is 0.291 e. The van der Waals surface area contributed by atoms with E-state index < -0.39 is 0 Å². The molecule has 2 atom stereocenters. The third kappa shape index (κ3) is 4.96. The van der Waals surface area contributed by atoms with Gasteiger partial charge in [-0.15, -0.1) is 0 Å². The van der Waals surface area contributed by atoms with Crippen molar-refractivity contribution in [3.8, 4) is 5.88 Å². The van der Waals surface area contributed by atoms with Gasteiger partial charge in [-0.25, -0.2) is 0 Å². The summed E-state index contributed by atoms with van der Waals surface area (Å²) in [5.41, 5.74) is 0.820. The van der Waals surface area contributed by atoms with Crippen molar-refractivity contribution in [2.75, 3.05) is 0 Å². The molecular formula is C27H30N2O3S. The fraction of sp³-hybridized carbons (Fsp3) is 0.407. The van der Waals surface area contributed by atoms with Crippen molar-refractivity contribution in [3.63, 3.8) is 0 Å². The van der Waals surface area contributed by atoms with E-state index in [1.807, 2.05) is 60.7 Å². The molecule has 0 saturated heterocycles. The van der Waals surface area contributed by atoms with Gasteiger partial charge in [-0.1, -0.05) is 67.2 Å². The molecule has 1 heterocycles. The van der Waals surface area contributed by atoms with Gasteiger partial charge in [-0.2, -0.15) is 0 Å². The highest BCUT2D eigenvalue weighted by Gasteiger charge is 2.47. The molecule has 5 nitrogen and oxygen atoms in total. The highest BCUT2D eigenvalue weighted by Crippen LogP contribution is 2.50. The second-order valence-electron chi connectivity index (χ2n) is 9.86. The molecule has 1 aromatic heterocycles. The van der Waals surface area contributed by atoms with Crippen LogP contribution in [0.3, 0.4) is 0 Å². The summed E-state index contributed by atoms with van der Waals surface area (Å²) < 4.78 is 11.6. The van der Waals surface area contributed by atoms with Crippen molar-refractivity contribution in [2.24, 2.45) is 17.8 Å². The van der Waals surface area contributed by atoms with E-state index in [4.69, 9.17) is 9.26 Å². The van der Waals surface area contributed by atoms with E-state index in [9.17, 15) is 4.79 Å². The Hall–Kier alpha value is -2.73. The Balaban J connectivity index is 1.35. The molecule has 2 saturated carbocycles. The maximum absolute atomic E-state index is 13.4. The molecule has 2 aliphatic rings. The van der Waals surface area contributed by atoms with Gasteiger partial charge in [-0.3, -0.25) is 4.79 Å². The molecule has 6 heteroatoms. The molecule has 5 rings (SSSR count). The number of rotatable bonds is 7. The van der Waals surface area contributed by atoms with Gasteiger partial charge in [0, 0.05) is 10.4 Å². The quantitative estimate of drug-likeness (QED) is 0.443. The topological polar surface area (TPSA) is 64.4 Å². The molecule has 0 aliphatic heterocycles. The van der Waals surface area contributed by atoms with E-state index in [-0.39, 0.29) is 17.2 Å².